The van der Waals surface area contributed by atoms with Crippen molar-refractivity contribution in [2.75, 3.05) is 6.54 Å². The predicted octanol–water partition coefficient (Wildman–Crippen LogP) is 1.10. The molecule has 1 unspecified atom stereocenters. The zero-order valence-corrected chi connectivity index (χ0v) is 11.6. The van der Waals surface area contributed by atoms with Crippen molar-refractivity contribution in [2.45, 2.75) is 18.9 Å². The summed E-state index contributed by atoms with van der Waals surface area (Å²) in [5.74, 6) is 0.556. The van der Waals surface area contributed by atoms with Crippen molar-refractivity contribution in [3.8, 4) is 0 Å². The number of aryl methyl sites for hydroxylation is 1. The van der Waals surface area contributed by atoms with Gasteiger partial charge in [-0.25, -0.2) is 5.43 Å². The van der Waals surface area contributed by atoms with Crippen molar-refractivity contribution in [2.24, 2.45) is 5.73 Å². The molecule has 0 saturated carbocycles. The lowest BCUT2D eigenvalue weighted by Crippen LogP contribution is -2.26. The van der Waals surface area contributed by atoms with Crippen LogP contribution in [0.2, 0.25) is 0 Å². The molecule has 102 valence electrons. The molecule has 0 spiro atoms. The number of aliphatic hydroxyl groups is 1. The van der Waals surface area contributed by atoms with E-state index in [-0.39, 0.29) is 24.8 Å². The molecule has 0 saturated heterocycles. The van der Waals surface area contributed by atoms with Crippen LogP contribution in [0.3, 0.4) is 0 Å². The normalized spacial score (nSPS) is 15.4. The summed E-state index contributed by atoms with van der Waals surface area (Å²) >= 11 is 0. The van der Waals surface area contributed by atoms with Crippen LogP contribution in [0, 0.1) is 0 Å². The van der Waals surface area contributed by atoms with Crippen molar-refractivity contribution < 1.29 is 5.11 Å². The van der Waals surface area contributed by atoms with E-state index in [0.717, 1.165) is 12.0 Å². The lowest BCUT2D eigenvalue weighted by atomic mass is 10.0. The van der Waals surface area contributed by atoms with Gasteiger partial charge in [0.05, 0.1) is 6.10 Å². The van der Waals surface area contributed by atoms with Crippen molar-refractivity contribution in [3.05, 3.63) is 47.3 Å². The fraction of sp³-hybridized carbons (Fsp3) is 0.333. The van der Waals surface area contributed by atoms with Crippen LogP contribution >= 0.6 is 24.8 Å². The Bertz CT molecular complexity index is 384. The summed E-state index contributed by atoms with van der Waals surface area (Å²) in [5.41, 5.74) is 13.5. The van der Waals surface area contributed by atoms with Crippen LogP contribution < -0.4 is 16.6 Å². The molecule has 0 amide bonds. The lowest BCUT2D eigenvalue weighted by molar-refractivity contribution is 0.198. The molecule has 6 heteroatoms. The molecule has 0 aromatic heterocycles. The molecule has 5 N–H and O–H groups in total. The number of nitrogens with one attached hydrogen (secondary N) is 2. The van der Waals surface area contributed by atoms with E-state index < -0.39 is 6.10 Å². The molecule has 0 aliphatic carbocycles. The maximum absolute atomic E-state index is 9.96. The highest BCUT2D eigenvalue weighted by molar-refractivity contribution is 5.85. The van der Waals surface area contributed by atoms with Crippen LogP contribution in [0.4, 0.5) is 0 Å². The van der Waals surface area contributed by atoms with Crippen molar-refractivity contribution in [3.63, 3.8) is 0 Å². The SMILES string of the molecule is Cl.Cl.NC1=C(C(O)CCc2ccccc2)CNN1. The molecule has 0 radical (unpaired) electrons. The number of nitrogens with two attached hydrogens (primary N) is 1. The molecule has 1 aromatic carbocycles. The lowest BCUT2D eigenvalue weighted by Gasteiger charge is -2.11. The number of hydrogen-bond donors (Lipinski definition) is 4. The van der Waals surface area contributed by atoms with E-state index in [9.17, 15) is 5.11 Å². The quantitative estimate of drug-likeness (QED) is 0.671. The molecule has 4 nitrogen and oxygen atoms in total. The van der Waals surface area contributed by atoms with Gasteiger partial charge in [0.25, 0.3) is 0 Å². The number of hydrazine groups is 1. The number of halogens is 2. The summed E-state index contributed by atoms with van der Waals surface area (Å²) in [6.45, 7) is 0.613. The van der Waals surface area contributed by atoms with Crippen molar-refractivity contribution >= 4 is 24.8 Å². The Morgan fingerprint density at radius 2 is 1.89 bits per heavy atom. The van der Waals surface area contributed by atoms with E-state index in [2.05, 4.69) is 23.0 Å². The molecular weight excluding hydrogens is 273 g/mol. The molecule has 1 aromatic rings. The van der Waals surface area contributed by atoms with Gasteiger partial charge in [0, 0.05) is 12.1 Å². The van der Waals surface area contributed by atoms with Crippen LogP contribution in [-0.2, 0) is 6.42 Å². The van der Waals surface area contributed by atoms with E-state index in [1.807, 2.05) is 18.2 Å². The van der Waals surface area contributed by atoms with Crippen LogP contribution in [-0.4, -0.2) is 17.8 Å². The second kappa shape index (κ2) is 8.21. The number of benzene rings is 1. The molecule has 1 atom stereocenters. The van der Waals surface area contributed by atoms with Crippen LogP contribution in [0.1, 0.15) is 12.0 Å². The van der Waals surface area contributed by atoms with Crippen LogP contribution in [0.15, 0.2) is 41.7 Å². The Labute approximate surface area is 119 Å². The van der Waals surface area contributed by atoms with E-state index in [1.54, 1.807) is 0 Å². The van der Waals surface area contributed by atoms with E-state index >= 15 is 0 Å². The summed E-state index contributed by atoms with van der Waals surface area (Å²) in [6.07, 6.45) is 1.09. The number of aliphatic hydroxyl groups excluding tert-OH is 1. The van der Waals surface area contributed by atoms with Gasteiger partial charge in [-0.2, -0.15) is 0 Å². The fourth-order valence-corrected chi connectivity index (χ4v) is 1.83. The van der Waals surface area contributed by atoms with E-state index in [4.69, 9.17) is 5.73 Å². The Hall–Kier alpha value is -0.940. The summed E-state index contributed by atoms with van der Waals surface area (Å²) < 4.78 is 0. The van der Waals surface area contributed by atoms with Gasteiger partial charge in [-0.05, 0) is 18.4 Å². The van der Waals surface area contributed by atoms with Crippen LogP contribution in [0.25, 0.3) is 0 Å². The third-order valence-corrected chi connectivity index (χ3v) is 2.80. The first-order chi connectivity index (χ1) is 7.77. The van der Waals surface area contributed by atoms with Gasteiger partial charge in [-0.1, -0.05) is 30.3 Å². The zero-order valence-electron chi connectivity index (χ0n) is 9.93. The standard InChI is InChI=1S/C12H17N3O.2ClH/c13-12-10(8-14-15-12)11(16)7-6-9-4-2-1-3-5-9;;/h1-5,11,14-16H,6-8,13H2;2*1H. The third kappa shape index (κ3) is 4.38. The minimum absolute atomic E-state index is 0. The highest BCUT2D eigenvalue weighted by Gasteiger charge is 2.18. The van der Waals surface area contributed by atoms with Gasteiger partial charge in [-0.15, -0.1) is 24.8 Å². The zero-order chi connectivity index (χ0) is 11.4. The van der Waals surface area contributed by atoms with Gasteiger partial charge in [0.1, 0.15) is 5.82 Å². The number of hydrogen-bond acceptors (Lipinski definition) is 4. The topological polar surface area (TPSA) is 70.3 Å². The molecule has 0 fully saturated rings. The minimum Gasteiger partial charge on any atom is -0.389 e. The molecule has 18 heavy (non-hydrogen) atoms. The first-order valence-corrected chi connectivity index (χ1v) is 5.47. The summed E-state index contributed by atoms with van der Waals surface area (Å²) in [7, 11) is 0. The first kappa shape index (κ1) is 17.1. The molecule has 2 rings (SSSR count). The molecule has 1 heterocycles. The van der Waals surface area contributed by atoms with E-state index in [0.29, 0.717) is 18.8 Å². The molecule has 1 aliphatic rings. The number of rotatable bonds is 4. The maximum Gasteiger partial charge on any atom is 0.114 e. The van der Waals surface area contributed by atoms with Crippen LogP contribution in [0.5, 0.6) is 0 Å². The molecular formula is C12H19Cl2N3O. The first-order valence-electron chi connectivity index (χ1n) is 5.47. The van der Waals surface area contributed by atoms with Gasteiger partial charge in [0.15, 0.2) is 0 Å². The maximum atomic E-state index is 9.96. The second-order valence-electron chi connectivity index (χ2n) is 3.96. The third-order valence-electron chi connectivity index (χ3n) is 2.80. The minimum atomic E-state index is -0.470. The smallest absolute Gasteiger partial charge is 0.114 e. The summed E-state index contributed by atoms with van der Waals surface area (Å²) in [6, 6.07) is 10.1. The molecule has 1 aliphatic heterocycles. The highest BCUT2D eigenvalue weighted by atomic mass is 35.5. The monoisotopic (exact) mass is 291 g/mol. The second-order valence-corrected chi connectivity index (χ2v) is 3.96. The van der Waals surface area contributed by atoms with Gasteiger partial charge < -0.3 is 16.3 Å². The fourth-order valence-electron chi connectivity index (χ4n) is 1.83. The Morgan fingerprint density at radius 1 is 1.22 bits per heavy atom. The summed E-state index contributed by atoms with van der Waals surface area (Å²) in [4.78, 5) is 0. The average molecular weight is 292 g/mol. The Kier molecular flexibility index (Phi) is 7.78. The van der Waals surface area contributed by atoms with Gasteiger partial charge in [-0.3, -0.25) is 0 Å². The largest absolute Gasteiger partial charge is 0.389 e. The average Bonchev–Trinajstić information content (AvgIpc) is 2.74. The predicted molar refractivity (Wildman–Crippen MR) is 77.6 cm³/mol. The highest BCUT2D eigenvalue weighted by Crippen LogP contribution is 2.13. The van der Waals surface area contributed by atoms with Gasteiger partial charge >= 0.3 is 0 Å². The Balaban J connectivity index is 0.00000144. The summed E-state index contributed by atoms with van der Waals surface area (Å²) in [5, 5.41) is 9.96. The Morgan fingerprint density at radius 3 is 2.44 bits per heavy atom. The van der Waals surface area contributed by atoms with Crippen molar-refractivity contribution in [1.29, 1.82) is 0 Å². The van der Waals surface area contributed by atoms with E-state index in [1.165, 1.54) is 5.56 Å². The van der Waals surface area contributed by atoms with Gasteiger partial charge in [0.2, 0.25) is 0 Å². The molecule has 0 bridgehead atoms. The van der Waals surface area contributed by atoms with Crippen molar-refractivity contribution in [1.82, 2.24) is 10.9 Å².